The van der Waals surface area contributed by atoms with Gasteiger partial charge in [-0.15, -0.1) is 0 Å². The van der Waals surface area contributed by atoms with Crippen molar-refractivity contribution in [1.82, 2.24) is 14.9 Å². The molecule has 2 N–H and O–H groups in total. The minimum atomic E-state index is -0.411. The summed E-state index contributed by atoms with van der Waals surface area (Å²) >= 11 is 0. The van der Waals surface area contributed by atoms with Crippen molar-refractivity contribution in [3.63, 3.8) is 0 Å². The lowest BCUT2D eigenvalue weighted by atomic mass is 9.80. The van der Waals surface area contributed by atoms with Gasteiger partial charge in [0.05, 0.1) is 18.6 Å². The van der Waals surface area contributed by atoms with Crippen molar-refractivity contribution in [3.05, 3.63) is 106 Å². The SMILES string of the molecule is C=C(C)c1cc(C2CC2)nc2c1c1c(n2Cc2ccc([C@@H](C(=O)N[C@@H](CO)c3ccccc3)C3CCCCCC3)cc2)CCCCC1. The van der Waals surface area contributed by atoms with Gasteiger partial charge in [-0.25, -0.2) is 4.98 Å². The Morgan fingerprint density at radius 1 is 0.915 bits per heavy atom. The van der Waals surface area contributed by atoms with E-state index in [2.05, 4.69) is 53.7 Å². The molecule has 2 aromatic heterocycles. The van der Waals surface area contributed by atoms with Gasteiger partial charge in [-0.1, -0.05) is 98.9 Å². The average Bonchev–Trinajstić information content (AvgIpc) is 3.95. The zero-order valence-corrected chi connectivity index (χ0v) is 28.1. The average molecular weight is 630 g/mol. The largest absolute Gasteiger partial charge is 0.394 e. The monoisotopic (exact) mass is 629 g/mol. The van der Waals surface area contributed by atoms with Gasteiger partial charge >= 0.3 is 0 Å². The highest BCUT2D eigenvalue weighted by atomic mass is 16.3. The number of rotatable bonds is 10. The maximum Gasteiger partial charge on any atom is 0.228 e. The van der Waals surface area contributed by atoms with Gasteiger partial charge in [0.2, 0.25) is 5.91 Å². The van der Waals surface area contributed by atoms with E-state index in [1.807, 2.05) is 30.3 Å². The van der Waals surface area contributed by atoms with Gasteiger partial charge in [0, 0.05) is 29.2 Å². The van der Waals surface area contributed by atoms with Crippen LogP contribution in [0, 0.1) is 5.92 Å². The second-order valence-electron chi connectivity index (χ2n) is 14.5. The molecule has 0 aliphatic heterocycles. The minimum absolute atomic E-state index is 0.0263. The van der Waals surface area contributed by atoms with E-state index in [4.69, 9.17) is 4.98 Å². The number of allylic oxidation sites excluding steroid dienone is 1. The highest BCUT2D eigenvalue weighted by Crippen LogP contribution is 2.43. The molecule has 2 heterocycles. The lowest BCUT2D eigenvalue weighted by Gasteiger charge is -2.28. The number of hydrogen-bond donors (Lipinski definition) is 2. The molecule has 0 saturated heterocycles. The first-order valence-electron chi connectivity index (χ1n) is 18.3. The summed E-state index contributed by atoms with van der Waals surface area (Å²) in [6.07, 6.45) is 15.3. The first-order chi connectivity index (χ1) is 23.0. The lowest BCUT2D eigenvalue weighted by molar-refractivity contribution is -0.125. The van der Waals surface area contributed by atoms with Crippen molar-refractivity contribution < 1.29 is 9.90 Å². The number of nitrogens with one attached hydrogen (secondary N) is 1. The number of pyridine rings is 1. The van der Waals surface area contributed by atoms with E-state index in [0.29, 0.717) is 11.8 Å². The fraction of sp³-hybridized carbons (Fsp3) is 0.476. The number of amides is 1. The van der Waals surface area contributed by atoms with Gasteiger partial charge in [-0.2, -0.15) is 0 Å². The predicted molar refractivity (Wildman–Crippen MR) is 192 cm³/mol. The van der Waals surface area contributed by atoms with Crippen molar-refractivity contribution in [2.75, 3.05) is 6.61 Å². The molecule has 0 unspecified atom stereocenters. The van der Waals surface area contributed by atoms with Gasteiger partial charge in [0.1, 0.15) is 5.65 Å². The molecule has 5 nitrogen and oxygen atoms in total. The maximum absolute atomic E-state index is 14.1. The molecular formula is C42H51N3O2. The molecule has 0 radical (unpaired) electrons. The predicted octanol–water partition coefficient (Wildman–Crippen LogP) is 9.17. The Balaban J connectivity index is 1.22. The smallest absolute Gasteiger partial charge is 0.228 e. The molecule has 2 fully saturated rings. The van der Waals surface area contributed by atoms with Crippen molar-refractivity contribution in [2.24, 2.45) is 5.92 Å². The molecule has 4 aromatic rings. The van der Waals surface area contributed by atoms with Crippen LogP contribution in [0.1, 0.15) is 135 Å². The zero-order valence-electron chi connectivity index (χ0n) is 28.1. The fourth-order valence-corrected chi connectivity index (χ4v) is 8.38. The van der Waals surface area contributed by atoms with Crippen molar-refractivity contribution >= 4 is 22.5 Å². The molecule has 2 atom stereocenters. The van der Waals surface area contributed by atoms with Crippen LogP contribution in [0.4, 0.5) is 0 Å². The van der Waals surface area contributed by atoms with Gasteiger partial charge in [-0.3, -0.25) is 4.79 Å². The van der Waals surface area contributed by atoms with E-state index in [9.17, 15) is 9.90 Å². The molecule has 0 bridgehead atoms. The third kappa shape index (κ3) is 6.83. The Morgan fingerprint density at radius 3 is 2.30 bits per heavy atom. The van der Waals surface area contributed by atoms with Crippen LogP contribution in [-0.2, 0) is 24.2 Å². The van der Waals surface area contributed by atoms with Crippen LogP contribution in [0.25, 0.3) is 16.6 Å². The van der Waals surface area contributed by atoms with E-state index in [1.54, 1.807) is 0 Å². The summed E-state index contributed by atoms with van der Waals surface area (Å²) < 4.78 is 2.52. The van der Waals surface area contributed by atoms with E-state index in [-0.39, 0.29) is 18.4 Å². The molecule has 5 heteroatoms. The van der Waals surface area contributed by atoms with Gasteiger partial charge in [0.15, 0.2) is 0 Å². The molecular weight excluding hydrogens is 578 g/mol. The molecule has 1 amide bonds. The molecule has 3 aliphatic carbocycles. The first kappa shape index (κ1) is 31.9. The Kier molecular flexibility index (Phi) is 9.63. The highest BCUT2D eigenvalue weighted by molar-refractivity contribution is 5.94. The summed E-state index contributed by atoms with van der Waals surface area (Å²) in [6.45, 7) is 7.21. The number of fused-ring (bicyclic) bond motifs is 3. The number of nitrogens with zero attached hydrogens (tertiary/aromatic N) is 2. The molecule has 2 saturated carbocycles. The van der Waals surface area contributed by atoms with Crippen LogP contribution in [0.3, 0.4) is 0 Å². The third-order valence-electron chi connectivity index (χ3n) is 11.1. The number of benzene rings is 2. The quantitative estimate of drug-likeness (QED) is 0.136. The number of hydrogen-bond acceptors (Lipinski definition) is 3. The molecule has 246 valence electrons. The lowest BCUT2D eigenvalue weighted by Crippen LogP contribution is -2.37. The number of aryl methyl sites for hydroxylation is 1. The van der Waals surface area contributed by atoms with Crippen LogP contribution in [0.5, 0.6) is 0 Å². The highest BCUT2D eigenvalue weighted by Gasteiger charge is 2.32. The topological polar surface area (TPSA) is 67.2 Å². The Bertz CT molecular complexity index is 1710. The van der Waals surface area contributed by atoms with Crippen LogP contribution < -0.4 is 5.32 Å². The van der Waals surface area contributed by atoms with E-state index < -0.39 is 6.04 Å². The summed E-state index contributed by atoms with van der Waals surface area (Å²) in [5.74, 6) is 0.676. The molecule has 47 heavy (non-hydrogen) atoms. The van der Waals surface area contributed by atoms with E-state index in [0.717, 1.165) is 54.6 Å². The maximum atomic E-state index is 14.1. The molecule has 7 rings (SSSR count). The molecule has 2 aromatic carbocycles. The Morgan fingerprint density at radius 2 is 1.62 bits per heavy atom. The second-order valence-corrected chi connectivity index (χ2v) is 14.5. The van der Waals surface area contributed by atoms with Crippen LogP contribution >= 0.6 is 0 Å². The van der Waals surface area contributed by atoms with Crippen molar-refractivity contribution in [2.45, 2.75) is 115 Å². The van der Waals surface area contributed by atoms with Gasteiger partial charge in [-0.05, 0) is 98.1 Å². The molecule has 0 spiro atoms. The summed E-state index contributed by atoms with van der Waals surface area (Å²) in [7, 11) is 0. The Hall–Kier alpha value is -3.70. The summed E-state index contributed by atoms with van der Waals surface area (Å²) in [5.41, 5.74) is 11.0. The Labute approximate surface area is 280 Å². The zero-order chi connectivity index (χ0) is 32.3. The van der Waals surface area contributed by atoms with Crippen molar-refractivity contribution in [1.29, 1.82) is 0 Å². The van der Waals surface area contributed by atoms with Crippen LogP contribution in [-0.4, -0.2) is 27.2 Å². The molecule has 3 aliphatic rings. The van der Waals surface area contributed by atoms with E-state index in [1.165, 1.54) is 91.3 Å². The number of aliphatic hydroxyl groups excluding tert-OH is 1. The standard InChI is InChI=1S/C42H51N3O2/c1-28(2)35-25-36(31-23-24-31)43-41-40(35)34-17-11-6-12-18-38(34)45(41)26-29-19-21-33(22-20-29)39(32-15-7-3-4-8-16-32)42(47)44-37(27-46)30-13-9-5-10-14-30/h5,9-10,13-14,19-22,25,31-32,37,39,46H,1,3-4,6-8,11-12,15-18,23-24,26-27H2,2H3,(H,44,47)/t37-,39-/m0/s1. The fourth-order valence-electron chi connectivity index (χ4n) is 8.38. The van der Waals surface area contributed by atoms with Crippen molar-refractivity contribution in [3.8, 4) is 0 Å². The van der Waals surface area contributed by atoms with E-state index >= 15 is 0 Å². The van der Waals surface area contributed by atoms with Crippen LogP contribution in [0.2, 0.25) is 0 Å². The third-order valence-corrected chi connectivity index (χ3v) is 11.1. The first-order valence-corrected chi connectivity index (χ1v) is 18.3. The number of aliphatic hydroxyl groups is 1. The van der Waals surface area contributed by atoms with Crippen LogP contribution in [0.15, 0.2) is 67.2 Å². The normalized spacial score (nSPS) is 18.6. The number of carbonyl (C=O) groups is 1. The van der Waals surface area contributed by atoms with Gasteiger partial charge in [0.25, 0.3) is 0 Å². The number of aromatic nitrogens is 2. The minimum Gasteiger partial charge on any atom is -0.394 e. The van der Waals surface area contributed by atoms with Gasteiger partial charge < -0.3 is 15.0 Å². The summed E-state index contributed by atoms with van der Waals surface area (Å²) in [5, 5.41) is 14.8. The summed E-state index contributed by atoms with van der Waals surface area (Å²) in [4.78, 5) is 19.5. The second kappa shape index (κ2) is 14.2. The number of carbonyl (C=O) groups excluding carboxylic acids is 1. The summed E-state index contributed by atoms with van der Waals surface area (Å²) in [6, 6.07) is 20.6.